The molecule has 1 aromatic heterocycles. The third-order valence-corrected chi connectivity index (χ3v) is 4.14. The molecule has 1 saturated heterocycles. The molecule has 0 unspecified atom stereocenters. The van der Waals surface area contributed by atoms with Crippen LogP contribution in [0.5, 0.6) is 0 Å². The highest BCUT2D eigenvalue weighted by atomic mass is 16.5. The number of likely N-dealkylation sites (tertiary alicyclic amines) is 1. The van der Waals surface area contributed by atoms with Gasteiger partial charge in [-0.25, -0.2) is 9.59 Å². The van der Waals surface area contributed by atoms with Crippen LogP contribution in [-0.2, 0) is 25.7 Å². The summed E-state index contributed by atoms with van der Waals surface area (Å²) in [5.41, 5.74) is 0. The van der Waals surface area contributed by atoms with Crippen LogP contribution in [0, 0.1) is 12.8 Å². The Kier molecular flexibility index (Phi) is 10.1. The zero-order valence-corrected chi connectivity index (χ0v) is 15.8. The van der Waals surface area contributed by atoms with E-state index in [1.165, 1.54) is 0 Å². The van der Waals surface area contributed by atoms with Crippen molar-refractivity contribution in [2.75, 3.05) is 33.4 Å². The van der Waals surface area contributed by atoms with Gasteiger partial charge in [0.2, 0.25) is 5.91 Å². The third kappa shape index (κ3) is 9.20. The number of carboxylic acid groups (broad SMARTS) is 2. The smallest absolute Gasteiger partial charge is 0.414 e. The maximum Gasteiger partial charge on any atom is 0.414 e. The number of carboxylic acids is 2. The van der Waals surface area contributed by atoms with E-state index in [-0.39, 0.29) is 11.8 Å². The summed E-state index contributed by atoms with van der Waals surface area (Å²) >= 11 is 0. The van der Waals surface area contributed by atoms with E-state index in [4.69, 9.17) is 29.0 Å². The van der Waals surface area contributed by atoms with E-state index in [1.54, 1.807) is 7.11 Å². The van der Waals surface area contributed by atoms with Crippen LogP contribution in [-0.4, -0.2) is 66.3 Å². The number of aliphatic carboxylic acids is 2. The molecular formula is C18H28N2O7. The fourth-order valence-corrected chi connectivity index (χ4v) is 2.72. The van der Waals surface area contributed by atoms with E-state index in [0.29, 0.717) is 13.2 Å². The van der Waals surface area contributed by atoms with E-state index in [0.717, 1.165) is 50.4 Å². The monoisotopic (exact) mass is 384 g/mol. The standard InChI is InChI=1S/C16H26N2O3.C2H2O4/c1-13-4-5-15(21-13)12-18-9-6-14(7-10-18)16(19)17-8-3-11-20-2;3-1(4)2(5)6/h4-5,14H,3,6-12H2,1-2H3,(H,17,19);(H,3,4)(H,5,6). The molecule has 2 heterocycles. The minimum absolute atomic E-state index is 0.155. The molecule has 9 nitrogen and oxygen atoms in total. The molecule has 1 aliphatic rings. The van der Waals surface area contributed by atoms with Gasteiger partial charge in [0.1, 0.15) is 11.5 Å². The summed E-state index contributed by atoms with van der Waals surface area (Å²) < 4.78 is 10.6. The van der Waals surface area contributed by atoms with E-state index in [1.807, 2.05) is 19.1 Å². The predicted octanol–water partition coefficient (Wildman–Crippen LogP) is 1.11. The van der Waals surface area contributed by atoms with Crippen molar-refractivity contribution in [3.05, 3.63) is 23.7 Å². The van der Waals surface area contributed by atoms with Crippen LogP contribution >= 0.6 is 0 Å². The van der Waals surface area contributed by atoms with Gasteiger partial charge in [0.15, 0.2) is 0 Å². The van der Waals surface area contributed by atoms with E-state index >= 15 is 0 Å². The van der Waals surface area contributed by atoms with Gasteiger partial charge in [-0.3, -0.25) is 9.69 Å². The molecule has 1 aromatic rings. The summed E-state index contributed by atoms with van der Waals surface area (Å²) in [5.74, 6) is -1.34. The number of ether oxygens (including phenoxy) is 1. The van der Waals surface area contributed by atoms with Gasteiger partial charge in [-0.15, -0.1) is 0 Å². The fourth-order valence-electron chi connectivity index (χ4n) is 2.72. The van der Waals surface area contributed by atoms with Crippen molar-refractivity contribution in [3.8, 4) is 0 Å². The SMILES string of the molecule is COCCCNC(=O)C1CCN(Cc2ccc(C)o2)CC1.O=C(O)C(=O)O. The van der Waals surface area contributed by atoms with E-state index in [9.17, 15) is 4.79 Å². The van der Waals surface area contributed by atoms with Crippen molar-refractivity contribution in [1.29, 1.82) is 0 Å². The predicted molar refractivity (Wildman–Crippen MR) is 96.2 cm³/mol. The molecule has 27 heavy (non-hydrogen) atoms. The van der Waals surface area contributed by atoms with Crippen molar-refractivity contribution >= 4 is 17.8 Å². The number of furan rings is 1. The van der Waals surface area contributed by atoms with Crippen LogP contribution in [0.3, 0.4) is 0 Å². The van der Waals surface area contributed by atoms with Gasteiger partial charge in [0, 0.05) is 26.2 Å². The second kappa shape index (κ2) is 12.1. The highest BCUT2D eigenvalue weighted by molar-refractivity contribution is 6.27. The lowest BCUT2D eigenvalue weighted by Gasteiger charge is -2.30. The lowest BCUT2D eigenvalue weighted by Crippen LogP contribution is -2.40. The highest BCUT2D eigenvalue weighted by Gasteiger charge is 2.25. The Morgan fingerprint density at radius 3 is 2.33 bits per heavy atom. The highest BCUT2D eigenvalue weighted by Crippen LogP contribution is 2.20. The Labute approximate surface area is 158 Å². The second-order valence-corrected chi connectivity index (χ2v) is 6.31. The largest absolute Gasteiger partial charge is 0.473 e. The van der Waals surface area contributed by atoms with Crippen molar-refractivity contribution in [2.45, 2.75) is 32.7 Å². The number of amides is 1. The summed E-state index contributed by atoms with van der Waals surface area (Å²) in [4.78, 5) is 32.6. The Hall–Kier alpha value is -2.39. The topological polar surface area (TPSA) is 129 Å². The molecule has 0 spiro atoms. The number of rotatable bonds is 7. The molecule has 3 N–H and O–H groups in total. The molecule has 1 aliphatic heterocycles. The van der Waals surface area contributed by atoms with Gasteiger partial charge in [-0.2, -0.15) is 0 Å². The van der Waals surface area contributed by atoms with Gasteiger partial charge < -0.3 is 24.7 Å². The molecule has 1 fully saturated rings. The first-order chi connectivity index (χ1) is 12.8. The molecule has 0 atom stereocenters. The average Bonchev–Trinajstić information content (AvgIpc) is 3.04. The number of carbonyl (C=O) groups excluding carboxylic acids is 1. The molecule has 0 radical (unpaired) electrons. The normalized spacial score (nSPS) is 14.9. The lowest BCUT2D eigenvalue weighted by atomic mass is 9.96. The lowest BCUT2D eigenvalue weighted by molar-refractivity contribution is -0.159. The van der Waals surface area contributed by atoms with Gasteiger partial charge in [-0.05, 0) is 51.4 Å². The van der Waals surface area contributed by atoms with Crippen LogP contribution in [0.1, 0.15) is 30.8 Å². The fraction of sp³-hybridized carbons (Fsp3) is 0.611. The first-order valence-electron chi connectivity index (χ1n) is 8.84. The molecular weight excluding hydrogens is 356 g/mol. The number of carbonyl (C=O) groups is 3. The van der Waals surface area contributed by atoms with Crippen LogP contribution in [0.25, 0.3) is 0 Å². The Morgan fingerprint density at radius 2 is 1.85 bits per heavy atom. The van der Waals surface area contributed by atoms with Crippen LogP contribution in [0.15, 0.2) is 16.5 Å². The number of hydrogen-bond donors (Lipinski definition) is 3. The third-order valence-electron chi connectivity index (χ3n) is 4.14. The summed E-state index contributed by atoms with van der Waals surface area (Å²) in [5, 5.41) is 17.8. The Balaban J connectivity index is 0.000000527. The van der Waals surface area contributed by atoms with Crippen LogP contribution < -0.4 is 5.32 Å². The molecule has 0 aromatic carbocycles. The Morgan fingerprint density at radius 1 is 1.22 bits per heavy atom. The molecule has 9 heteroatoms. The number of methoxy groups -OCH3 is 1. The van der Waals surface area contributed by atoms with Crippen LogP contribution in [0.2, 0.25) is 0 Å². The van der Waals surface area contributed by atoms with Gasteiger partial charge in [0.25, 0.3) is 0 Å². The summed E-state index contributed by atoms with van der Waals surface area (Å²) in [6, 6.07) is 4.03. The van der Waals surface area contributed by atoms with Gasteiger partial charge >= 0.3 is 11.9 Å². The van der Waals surface area contributed by atoms with Crippen molar-refractivity contribution in [3.63, 3.8) is 0 Å². The van der Waals surface area contributed by atoms with Gasteiger partial charge in [-0.1, -0.05) is 0 Å². The number of aryl methyl sites for hydroxylation is 1. The van der Waals surface area contributed by atoms with Crippen molar-refractivity contribution in [2.24, 2.45) is 5.92 Å². The Bertz CT molecular complexity index is 595. The molecule has 0 bridgehead atoms. The van der Waals surface area contributed by atoms with Crippen molar-refractivity contribution in [1.82, 2.24) is 10.2 Å². The molecule has 2 rings (SSSR count). The zero-order chi connectivity index (χ0) is 20.2. The average molecular weight is 384 g/mol. The van der Waals surface area contributed by atoms with E-state index < -0.39 is 11.9 Å². The number of hydrogen-bond acceptors (Lipinski definition) is 6. The number of nitrogens with zero attached hydrogens (tertiary/aromatic N) is 1. The van der Waals surface area contributed by atoms with Crippen LogP contribution in [0.4, 0.5) is 0 Å². The minimum Gasteiger partial charge on any atom is -0.473 e. The molecule has 0 aliphatic carbocycles. The summed E-state index contributed by atoms with van der Waals surface area (Å²) in [6.07, 6.45) is 2.73. The molecule has 1 amide bonds. The number of piperidine rings is 1. The molecule has 0 saturated carbocycles. The number of nitrogens with one attached hydrogen (secondary N) is 1. The maximum atomic E-state index is 12.0. The summed E-state index contributed by atoms with van der Waals surface area (Å²) in [6.45, 7) is 6.12. The second-order valence-electron chi connectivity index (χ2n) is 6.31. The van der Waals surface area contributed by atoms with Gasteiger partial charge in [0.05, 0.1) is 6.54 Å². The quantitative estimate of drug-likeness (QED) is 0.471. The first kappa shape index (κ1) is 22.7. The maximum absolute atomic E-state index is 12.0. The first-order valence-corrected chi connectivity index (χ1v) is 8.84. The minimum atomic E-state index is -1.82. The molecule has 152 valence electrons. The van der Waals surface area contributed by atoms with E-state index in [2.05, 4.69) is 10.2 Å². The summed E-state index contributed by atoms with van der Waals surface area (Å²) in [7, 11) is 1.68. The van der Waals surface area contributed by atoms with Crippen molar-refractivity contribution < 1.29 is 33.8 Å². The zero-order valence-electron chi connectivity index (χ0n) is 15.8.